The summed E-state index contributed by atoms with van der Waals surface area (Å²) in [7, 11) is 0. The zero-order valence-electron chi connectivity index (χ0n) is 16.9. The van der Waals surface area contributed by atoms with Gasteiger partial charge in [0.2, 0.25) is 11.8 Å². The summed E-state index contributed by atoms with van der Waals surface area (Å²) in [5, 5.41) is 12.7. The number of aliphatic carboxylic acids is 1. The molecule has 0 radical (unpaired) electrons. The number of likely N-dealkylation sites (tertiary alicyclic amines) is 1. The monoisotopic (exact) mass is 392 g/mol. The highest BCUT2D eigenvalue weighted by Crippen LogP contribution is 2.64. The predicted molar refractivity (Wildman–Crippen MR) is 101 cm³/mol. The first-order valence-electron chi connectivity index (χ1n) is 10.7. The number of carbonyl (C=O) groups is 3. The van der Waals surface area contributed by atoms with Crippen LogP contribution in [-0.4, -0.2) is 59.6 Å². The Morgan fingerprint density at radius 2 is 1.82 bits per heavy atom. The number of hydrogen-bond donors (Lipinski definition) is 2. The molecular weight excluding hydrogens is 360 g/mol. The van der Waals surface area contributed by atoms with Crippen LogP contribution in [0.25, 0.3) is 0 Å². The SMILES string of the molecule is CC1(C)[C@@H]2[C@@H](C(=O)O)N(C(=O)[C@H](CC3CC3)NC(=O)CC3CCOCC3)C[C@@H]21. The molecule has 7 heteroatoms. The van der Waals surface area contributed by atoms with Crippen molar-refractivity contribution in [2.24, 2.45) is 29.1 Å². The first-order valence-corrected chi connectivity index (χ1v) is 10.7. The maximum Gasteiger partial charge on any atom is 0.326 e. The summed E-state index contributed by atoms with van der Waals surface area (Å²) in [5.41, 5.74) is -0.0157. The van der Waals surface area contributed by atoms with Crippen molar-refractivity contribution in [1.29, 1.82) is 0 Å². The van der Waals surface area contributed by atoms with Crippen molar-refractivity contribution in [1.82, 2.24) is 10.2 Å². The van der Waals surface area contributed by atoms with Crippen molar-refractivity contribution in [3.05, 3.63) is 0 Å². The number of carbonyl (C=O) groups excluding carboxylic acids is 2. The minimum Gasteiger partial charge on any atom is -0.480 e. The number of amides is 2. The number of fused-ring (bicyclic) bond motifs is 1. The fraction of sp³-hybridized carbons (Fsp3) is 0.857. The molecule has 2 aliphatic carbocycles. The molecule has 2 aliphatic heterocycles. The fourth-order valence-electron chi connectivity index (χ4n) is 5.37. The van der Waals surface area contributed by atoms with Crippen LogP contribution < -0.4 is 5.32 Å². The lowest BCUT2D eigenvalue weighted by molar-refractivity contribution is -0.151. The van der Waals surface area contributed by atoms with Crippen molar-refractivity contribution in [2.75, 3.05) is 19.8 Å². The normalized spacial score (nSPS) is 32.5. The van der Waals surface area contributed by atoms with E-state index in [4.69, 9.17) is 4.74 Å². The van der Waals surface area contributed by atoms with Gasteiger partial charge in [0.1, 0.15) is 12.1 Å². The standard InChI is InChI=1S/C21H32N2O5/c1-21(2)14-11-23(18(17(14)21)20(26)27)19(25)15(9-12-3-4-12)22-16(24)10-13-5-7-28-8-6-13/h12-15,17-18H,3-11H2,1-2H3,(H,22,24)(H,26,27)/t14-,15-,17-,18-/m0/s1. The minimum absolute atomic E-state index is 0.0157. The van der Waals surface area contributed by atoms with E-state index in [1.54, 1.807) is 0 Å². The molecule has 0 unspecified atom stereocenters. The fourth-order valence-corrected chi connectivity index (χ4v) is 5.37. The van der Waals surface area contributed by atoms with Crippen LogP contribution >= 0.6 is 0 Å². The summed E-state index contributed by atoms with van der Waals surface area (Å²) < 4.78 is 5.35. The minimum atomic E-state index is -0.926. The Kier molecular flexibility index (Phi) is 5.14. The molecule has 4 rings (SSSR count). The van der Waals surface area contributed by atoms with Gasteiger partial charge in [-0.25, -0.2) is 4.79 Å². The van der Waals surface area contributed by atoms with Crippen LogP contribution in [0.2, 0.25) is 0 Å². The number of piperidine rings is 1. The van der Waals surface area contributed by atoms with E-state index in [1.807, 2.05) is 0 Å². The molecule has 0 aromatic rings. The Bertz CT molecular complexity index is 653. The number of nitrogens with one attached hydrogen (secondary N) is 1. The first kappa shape index (κ1) is 19.7. The Morgan fingerprint density at radius 1 is 1.14 bits per heavy atom. The number of ether oxygens (including phenoxy) is 1. The Labute approximate surface area is 166 Å². The van der Waals surface area contributed by atoms with E-state index >= 15 is 0 Å². The lowest BCUT2D eigenvalue weighted by Gasteiger charge is -2.32. The molecule has 0 spiro atoms. The van der Waals surface area contributed by atoms with Crippen LogP contribution in [0, 0.1) is 29.1 Å². The van der Waals surface area contributed by atoms with Gasteiger partial charge in [-0.3, -0.25) is 9.59 Å². The van der Waals surface area contributed by atoms with Gasteiger partial charge in [0.15, 0.2) is 0 Å². The molecule has 0 aromatic carbocycles. The molecule has 2 saturated carbocycles. The molecule has 0 aromatic heterocycles. The van der Waals surface area contributed by atoms with E-state index in [2.05, 4.69) is 19.2 Å². The highest BCUT2D eigenvalue weighted by atomic mass is 16.5. The molecule has 28 heavy (non-hydrogen) atoms. The van der Waals surface area contributed by atoms with E-state index in [0.29, 0.717) is 44.4 Å². The van der Waals surface area contributed by atoms with Crippen molar-refractivity contribution in [2.45, 2.75) is 64.5 Å². The molecule has 2 saturated heterocycles. The summed E-state index contributed by atoms with van der Waals surface area (Å²) in [5.74, 6) is -0.188. The third-order valence-electron chi connectivity index (χ3n) is 7.46. The molecule has 4 atom stereocenters. The van der Waals surface area contributed by atoms with E-state index in [-0.39, 0.29) is 29.1 Å². The summed E-state index contributed by atoms with van der Waals surface area (Å²) in [6.45, 7) is 6.03. The largest absolute Gasteiger partial charge is 0.480 e. The molecule has 7 nitrogen and oxygen atoms in total. The second-order valence-corrected chi connectivity index (χ2v) is 9.79. The quantitative estimate of drug-likeness (QED) is 0.687. The smallest absolute Gasteiger partial charge is 0.326 e. The Balaban J connectivity index is 1.41. The van der Waals surface area contributed by atoms with Crippen LogP contribution in [0.3, 0.4) is 0 Å². The van der Waals surface area contributed by atoms with Crippen LogP contribution in [0.15, 0.2) is 0 Å². The van der Waals surface area contributed by atoms with Gasteiger partial charge < -0.3 is 20.1 Å². The zero-order valence-corrected chi connectivity index (χ0v) is 16.9. The van der Waals surface area contributed by atoms with Crippen LogP contribution in [0.4, 0.5) is 0 Å². The summed E-state index contributed by atoms with van der Waals surface area (Å²) in [4.78, 5) is 39.3. The maximum atomic E-state index is 13.3. The first-order chi connectivity index (χ1) is 13.3. The summed E-state index contributed by atoms with van der Waals surface area (Å²) in [6.07, 6.45) is 4.96. The lowest BCUT2D eigenvalue weighted by atomic mass is 9.95. The lowest BCUT2D eigenvalue weighted by Crippen LogP contribution is -2.54. The van der Waals surface area contributed by atoms with E-state index < -0.39 is 18.1 Å². The highest BCUT2D eigenvalue weighted by molar-refractivity contribution is 5.91. The zero-order chi connectivity index (χ0) is 20.1. The molecule has 4 fully saturated rings. The maximum absolute atomic E-state index is 13.3. The average Bonchev–Trinajstić information content (AvgIpc) is 3.48. The van der Waals surface area contributed by atoms with Gasteiger partial charge in [-0.1, -0.05) is 26.7 Å². The molecular formula is C21H32N2O5. The Morgan fingerprint density at radius 3 is 2.43 bits per heavy atom. The van der Waals surface area contributed by atoms with Gasteiger partial charge in [0.05, 0.1) is 0 Å². The van der Waals surface area contributed by atoms with Gasteiger partial charge >= 0.3 is 5.97 Å². The van der Waals surface area contributed by atoms with Crippen molar-refractivity contribution < 1.29 is 24.2 Å². The number of nitrogens with zero attached hydrogens (tertiary/aromatic N) is 1. The molecule has 4 aliphatic rings. The summed E-state index contributed by atoms with van der Waals surface area (Å²) >= 11 is 0. The highest BCUT2D eigenvalue weighted by Gasteiger charge is 2.69. The van der Waals surface area contributed by atoms with Crippen LogP contribution in [0.5, 0.6) is 0 Å². The number of hydrogen-bond acceptors (Lipinski definition) is 4. The van der Waals surface area contributed by atoms with Gasteiger partial charge in [0.25, 0.3) is 0 Å². The van der Waals surface area contributed by atoms with Crippen molar-refractivity contribution in [3.63, 3.8) is 0 Å². The molecule has 2 N–H and O–H groups in total. The van der Waals surface area contributed by atoms with Gasteiger partial charge in [-0.15, -0.1) is 0 Å². The molecule has 156 valence electrons. The second-order valence-electron chi connectivity index (χ2n) is 9.79. The summed E-state index contributed by atoms with van der Waals surface area (Å²) in [6, 6.07) is -1.36. The predicted octanol–water partition coefficient (Wildman–Crippen LogP) is 1.66. The van der Waals surface area contributed by atoms with E-state index in [0.717, 1.165) is 25.7 Å². The topological polar surface area (TPSA) is 95.9 Å². The average molecular weight is 392 g/mol. The van der Waals surface area contributed by atoms with Crippen LogP contribution in [-0.2, 0) is 19.1 Å². The van der Waals surface area contributed by atoms with Gasteiger partial charge in [-0.2, -0.15) is 0 Å². The molecule has 2 amide bonds. The van der Waals surface area contributed by atoms with Crippen LogP contribution in [0.1, 0.15) is 52.4 Å². The van der Waals surface area contributed by atoms with E-state index in [1.165, 1.54) is 4.90 Å². The number of carboxylic acids is 1. The number of rotatable bonds is 7. The van der Waals surface area contributed by atoms with Crippen molar-refractivity contribution >= 4 is 17.8 Å². The third-order valence-corrected chi connectivity index (χ3v) is 7.46. The van der Waals surface area contributed by atoms with E-state index in [9.17, 15) is 19.5 Å². The third kappa shape index (κ3) is 3.78. The van der Waals surface area contributed by atoms with Gasteiger partial charge in [-0.05, 0) is 42.4 Å². The Hall–Kier alpha value is -1.63. The van der Waals surface area contributed by atoms with Crippen molar-refractivity contribution in [3.8, 4) is 0 Å². The number of carboxylic acid groups (broad SMARTS) is 1. The molecule has 0 bridgehead atoms. The molecule has 2 heterocycles. The van der Waals surface area contributed by atoms with Gasteiger partial charge in [0, 0.05) is 32.1 Å². The second kappa shape index (κ2) is 7.32.